The molecule has 2 fully saturated rings. The van der Waals surface area contributed by atoms with E-state index in [9.17, 15) is 4.79 Å². The molecule has 7 nitrogen and oxygen atoms in total. The zero-order valence-corrected chi connectivity index (χ0v) is 25.9. The predicted molar refractivity (Wildman–Crippen MR) is 171 cm³/mol. The highest BCUT2D eigenvalue weighted by atomic mass is 127. The van der Waals surface area contributed by atoms with Gasteiger partial charge in [-0.25, -0.2) is 4.98 Å². The van der Waals surface area contributed by atoms with Crippen LogP contribution in [0.1, 0.15) is 55.3 Å². The van der Waals surface area contributed by atoms with Crippen molar-refractivity contribution < 1.29 is 4.79 Å². The quantitative estimate of drug-likeness (QED) is 0.264. The summed E-state index contributed by atoms with van der Waals surface area (Å²) in [4.78, 5) is 24.8. The van der Waals surface area contributed by atoms with Gasteiger partial charge in [-0.3, -0.25) is 4.79 Å². The minimum Gasteiger partial charge on any atom is -0.385 e. The molecule has 3 aliphatic rings. The van der Waals surface area contributed by atoms with Gasteiger partial charge >= 0.3 is 0 Å². The molecule has 3 aliphatic heterocycles. The number of halogens is 1. The van der Waals surface area contributed by atoms with Crippen LogP contribution in [0.15, 0.2) is 30.3 Å². The van der Waals surface area contributed by atoms with E-state index >= 15 is 0 Å². The first-order valence-corrected chi connectivity index (χ1v) is 16.0. The standard InChI is InChI=1S/C31H45IN6O/c1-3-33-28-17-25(18-29(20-28)38-15-13-36(2)14-16-38)26(19-30(32)39)22-37-12-10-23(21-37)6-8-27-9-7-24-5-4-11-34-31(24)35-27/h7,9,17-18,20,23,26,33H,3-6,8,10-16,19,21-22H2,1-2H3,(H,34,35)/t23-,26+/m1/s1. The van der Waals surface area contributed by atoms with Crippen molar-refractivity contribution in [2.45, 2.75) is 51.4 Å². The number of aryl methyl sites for hydroxylation is 2. The van der Waals surface area contributed by atoms with Crippen LogP contribution in [0.3, 0.4) is 0 Å². The topological polar surface area (TPSA) is 63.7 Å². The Morgan fingerprint density at radius 1 is 1.18 bits per heavy atom. The van der Waals surface area contributed by atoms with Crippen molar-refractivity contribution in [2.75, 3.05) is 81.5 Å². The van der Waals surface area contributed by atoms with E-state index in [1.165, 1.54) is 47.5 Å². The van der Waals surface area contributed by atoms with Crippen LogP contribution in [-0.4, -0.2) is 84.5 Å². The van der Waals surface area contributed by atoms with Gasteiger partial charge in [-0.05, 0) is 117 Å². The van der Waals surface area contributed by atoms with E-state index < -0.39 is 0 Å². The maximum absolute atomic E-state index is 12.4. The van der Waals surface area contributed by atoms with Gasteiger partial charge in [0, 0.05) is 81.8 Å². The molecule has 5 rings (SSSR count). The monoisotopic (exact) mass is 644 g/mol. The van der Waals surface area contributed by atoms with Crippen LogP contribution in [0, 0.1) is 5.92 Å². The molecular formula is C31H45IN6O. The molecule has 2 aromatic rings. The van der Waals surface area contributed by atoms with Crippen LogP contribution in [0.25, 0.3) is 0 Å². The summed E-state index contributed by atoms with van der Waals surface area (Å²) in [7, 11) is 2.20. The van der Waals surface area contributed by atoms with Crippen LogP contribution in [0.2, 0.25) is 0 Å². The van der Waals surface area contributed by atoms with Crippen LogP contribution in [-0.2, 0) is 17.6 Å². The van der Waals surface area contributed by atoms with E-state index in [1.54, 1.807) is 0 Å². The number of nitrogens with zero attached hydrogens (tertiary/aromatic N) is 4. The number of anilines is 3. The number of rotatable bonds is 11. The number of carbonyl (C=O) groups excluding carboxylic acids is 1. The summed E-state index contributed by atoms with van der Waals surface area (Å²) >= 11 is 1.99. The third kappa shape index (κ3) is 7.85. The van der Waals surface area contributed by atoms with Crippen molar-refractivity contribution in [3.05, 3.63) is 47.2 Å². The Bertz CT molecular complexity index is 1120. The van der Waals surface area contributed by atoms with Gasteiger partial charge in [0.25, 0.3) is 0 Å². The summed E-state index contributed by atoms with van der Waals surface area (Å²) in [6, 6.07) is 11.4. The van der Waals surface area contributed by atoms with Gasteiger partial charge in [0.05, 0.1) is 0 Å². The van der Waals surface area contributed by atoms with E-state index in [1.807, 2.05) is 22.6 Å². The summed E-state index contributed by atoms with van der Waals surface area (Å²) in [5.41, 5.74) is 6.32. The average molecular weight is 645 g/mol. The van der Waals surface area contributed by atoms with Crippen molar-refractivity contribution in [3.8, 4) is 0 Å². The molecule has 2 saturated heterocycles. The van der Waals surface area contributed by atoms with Crippen LogP contribution >= 0.6 is 22.6 Å². The molecule has 212 valence electrons. The number of likely N-dealkylation sites (N-methyl/N-ethyl adjacent to an activating group) is 1. The fourth-order valence-electron chi connectivity index (χ4n) is 6.39. The molecule has 0 unspecified atom stereocenters. The number of likely N-dealkylation sites (tertiary alicyclic amines) is 1. The van der Waals surface area contributed by atoms with Gasteiger partial charge in [-0.15, -0.1) is 0 Å². The Hall–Kier alpha value is -1.91. The average Bonchev–Trinajstić information content (AvgIpc) is 3.39. The van der Waals surface area contributed by atoms with Crippen LogP contribution in [0.4, 0.5) is 17.2 Å². The summed E-state index contributed by atoms with van der Waals surface area (Å²) in [5, 5.41) is 7.02. The van der Waals surface area contributed by atoms with Crippen molar-refractivity contribution in [2.24, 2.45) is 5.92 Å². The highest BCUT2D eigenvalue weighted by Gasteiger charge is 2.27. The first-order valence-electron chi connectivity index (χ1n) is 14.9. The Morgan fingerprint density at radius 3 is 2.82 bits per heavy atom. The van der Waals surface area contributed by atoms with E-state index in [-0.39, 0.29) is 9.71 Å². The molecule has 39 heavy (non-hydrogen) atoms. The van der Waals surface area contributed by atoms with Crippen LogP contribution in [0.5, 0.6) is 0 Å². The molecule has 8 heteroatoms. The van der Waals surface area contributed by atoms with Gasteiger partial charge in [0.1, 0.15) is 5.82 Å². The number of piperazine rings is 1. The van der Waals surface area contributed by atoms with Gasteiger partial charge < -0.3 is 25.3 Å². The van der Waals surface area contributed by atoms with Crippen molar-refractivity contribution in [1.29, 1.82) is 0 Å². The van der Waals surface area contributed by atoms with Crippen molar-refractivity contribution in [3.63, 3.8) is 0 Å². The number of hydrogen-bond acceptors (Lipinski definition) is 7. The lowest BCUT2D eigenvalue weighted by atomic mass is 9.94. The van der Waals surface area contributed by atoms with Gasteiger partial charge in [0.2, 0.25) is 0 Å². The molecule has 4 heterocycles. The van der Waals surface area contributed by atoms with Gasteiger partial charge in [-0.2, -0.15) is 0 Å². The van der Waals surface area contributed by atoms with Gasteiger partial charge in [0.15, 0.2) is 3.79 Å². The molecule has 0 radical (unpaired) electrons. The number of benzene rings is 1. The molecule has 0 saturated carbocycles. The smallest absolute Gasteiger partial charge is 0.193 e. The van der Waals surface area contributed by atoms with E-state index in [0.717, 1.165) is 77.6 Å². The fraction of sp³-hybridized carbons (Fsp3) is 0.613. The second-order valence-electron chi connectivity index (χ2n) is 11.7. The molecule has 0 amide bonds. The zero-order valence-electron chi connectivity index (χ0n) is 23.7. The molecule has 2 N–H and O–H groups in total. The second-order valence-corrected chi connectivity index (χ2v) is 12.9. The summed E-state index contributed by atoms with van der Waals surface area (Å²) in [6.45, 7) is 11.5. The Balaban J connectivity index is 1.23. The Labute approximate surface area is 248 Å². The van der Waals surface area contributed by atoms with E-state index in [4.69, 9.17) is 4.98 Å². The van der Waals surface area contributed by atoms with Gasteiger partial charge in [-0.1, -0.05) is 6.07 Å². The highest BCUT2D eigenvalue weighted by Crippen LogP contribution is 2.33. The maximum atomic E-state index is 12.4. The molecule has 0 aliphatic carbocycles. The molecule has 0 spiro atoms. The third-order valence-electron chi connectivity index (χ3n) is 8.68. The number of nitrogens with one attached hydrogen (secondary N) is 2. The van der Waals surface area contributed by atoms with Crippen molar-refractivity contribution in [1.82, 2.24) is 14.8 Å². The zero-order chi connectivity index (χ0) is 27.2. The molecule has 1 aromatic carbocycles. The molecular weight excluding hydrogens is 599 g/mol. The Morgan fingerprint density at radius 2 is 2.03 bits per heavy atom. The van der Waals surface area contributed by atoms with Crippen molar-refractivity contribution >= 4 is 43.6 Å². The third-order valence-corrected chi connectivity index (χ3v) is 9.12. The largest absolute Gasteiger partial charge is 0.385 e. The Kier molecular flexibility index (Phi) is 10.0. The predicted octanol–water partition coefficient (Wildman–Crippen LogP) is 5.01. The fourth-order valence-corrected chi connectivity index (χ4v) is 6.92. The second kappa shape index (κ2) is 13.6. The molecule has 0 bridgehead atoms. The normalized spacial score (nSPS) is 20.9. The number of aromatic nitrogens is 1. The lowest BCUT2D eigenvalue weighted by Gasteiger charge is -2.35. The lowest BCUT2D eigenvalue weighted by molar-refractivity contribution is -0.109. The number of fused-ring (bicyclic) bond motifs is 1. The molecule has 1 aromatic heterocycles. The summed E-state index contributed by atoms with van der Waals surface area (Å²) < 4.78 is 0.246. The first-order chi connectivity index (χ1) is 19.0. The SMILES string of the molecule is CCNc1cc([C@@H](CC(=O)I)CN2CC[C@@H](CCc3ccc4c(n3)NCCC4)C2)cc(N2CCN(C)CC2)c1. The summed E-state index contributed by atoms with van der Waals surface area (Å²) in [5.74, 6) is 2.01. The maximum Gasteiger partial charge on any atom is 0.193 e. The molecule has 2 atom stereocenters. The minimum absolute atomic E-state index is 0.214. The number of pyridine rings is 1. The van der Waals surface area contributed by atoms with Crippen LogP contribution < -0.4 is 15.5 Å². The highest BCUT2D eigenvalue weighted by molar-refractivity contribution is 14.1. The first kappa shape index (κ1) is 28.6. The summed E-state index contributed by atoms with van der Waals surface area (Å²) in [6.07, 6.45) is 6.39. The lowest BCUT2D eigenvalue weighted by Crippen LogP contribution is -2.44. The van der Waals surface area contributed by atoms with E-state index in [2.05, 4.69) is 69.6 Å². The number of hydrogen-bond donors (Lipinski definition) is 2. The minimum atomic E-state index is 0.214. The number of carbonyl (C=O) groups is 1. The van der Waals surface area contributed by atoms with E-state index in [0.29, 0.717) is 12.3 Å².